The number of imide groups is 1. The number of rotatable bonds is 7. The monoisotopic (exact) mass is 593 g/mol. The molecule has 2 aromatic heterocycles. The minimum atomic E-state index is -0.976. The lowest BCUT2D eigenvalue weighted by atomic mass is 10.1. The van der Waals surface area contributed by atoms with Crippen molar-refractivity contribution in [3.63, 3.8) is 0 Å². The normalized spacial score (nSPS) is 11.2. The third-order valence-corrected chi connectivity index (χ3v) is 5.94. The fourth-order valence-electron chi connectivity index (χ4n) is 3.43. The zero-order valence-electron chi connectivity index (χ0n) is 22.1. The average molecular weight is 594 g/mol. The molecule has 10 nitrogen and oxygen atoms in total. The molecule has 4 aromatic rings. The molecule has 2 aromatic carbocycles. The van der Waals surface area contributed by atoms with Gasteiger partial charge in [0.2, 0.25) is 5.89 Å². The summed E-state index contributed by atoms with van der Waals surface area (Å²) in [7, 11) is 0. The minimum absolute atomic E-state index is 0.0104. The number of aromatic nitrogens is 4. The molecule has 0 aliphatic heterocycles. The standard InChI is InChI=1S/C28H28BrN5O5/c1-5-6-16-37-26(35)34(27(36)39-28(2,3)4)23-22(25-33-32-24(38-25)18-12-8-7-9-13-18)31-21(17-30-23)19-14-10-11-15-20(19)29/h7-15,17H,5-6,16H2,1-4H3. The van der Waals surface area contributed by atoms with Crippen LogP contribution in [-0.2, 0) is 9.47 Å². The molecule has 0 spiro atoms. The van der Waals surface area contributed by atoms with Gasteiger partial charge in [-0.2, -0.15) is 4.90 Å². The number of amides is 2. The molecule has 0 N–H and O–H groups in total. The second kappa shape index (κ2) is 12.2. The molecule has 0 fully saturated rings. The number of halogens is 1. The lowest BCUT2D eigenvalue weighted by molar-refractivity contribution is 0.0566. The first-order chi connectivity index (χ1) is 18.7. The first-order valence-electron chi connectivity index (χ1n) is 12.4. The third-order valence-electron chi connectivity index (χ3n) is 5.25. The molecule has 2 heterocycles. The van der Waals surface area contributed by atoms with Gasteiger partial charge in [0.15, 0.2) is 11.5 Å². The Kier molecular flexibility index (Phi) is 8.70. The molecule has 202 valence electrons. The number of nitrogens with zero attached hydrogens (tertiary/aromatic N) is 5. The SMILES string of the molecule is CCCCOC(=O)N(C(=O)OC(C)(C)C)c1ncc(-c2ccccc2Br)nc1-c1nnc(-c2ccccc2)o1. The molecule has 0 unspecified atom stereocenters. The van der Waals surface area contributed by atoms with Gasteiger partial charge in [0.05, 0.1) is 18.5 Å². The van der Waals surface area contributed by atoms with E-state index in [2.05, 4.69) is 31.1 Å². The van der Waals surface area contributed by atoms with Crippen molar-refractivity contribution in [1.29, 1.82) is 0 Å². The Balaban J connectivity index is 1.87. The molecule has 39 heavy (non-hydrogen) atoms. The van der Waals surface area contributed by atoms with Gasteiger partial charge < -0.3 is 13.9 Å². The molecule has 11 heteroatoms. The Bertz CT molecular complexity index is 1450. The maximum atomic E-state index is 13.3. The van der Waals surface area contributed by atoms with Crippen LogP contribution in [0.5, 0.6) is 0 Å². The molecule has 0 radical (unpaired) electrons. The Morgan fingerprint density at radius 1 is 0.974 bits per heavy atom. The quantitative estimate of drug-likeness (QED) is 0.203. The van der Waals surface area contributed by atoms with E-state index < -0.39 is 17.8 Å². The van der Waals surface area contributed by atoms with E-state index in [1.54, 1.807) is 20.8 Å². The van der Waals surface area contributed by atoms with Gasteiger partial charge in [-0.15, -0.1) is 10.2 Å². The third kappa shape index (κ3) is 6.85. The van der Waals surface area contributed by atoms with Crippen LogP contribution < -0.4 is 4.90 Å². The molecule has 0 aliphatic carbocycles. The highest BCUT2D eigenvalue weighted by Gasteiger charge is 2.35. The maximum absolute atomic E-state index is 13.3. The average Bonchev–Trinajstić information content (AvgIpc) is 3.39. The van der Waals surface area contributed by atoms with Crippen LogP contribution >= 0.6 is 15.9 Å². The summed E-state index contributed by atoms with van der Waals surface area (Å²) < 4.78 is 17.6. The van der Waals surface area contributed by atoms with Crippen molar-refractivity contribution in [1.82, 2.24) is 20.2 Å². The Morgan fingerprint density at radius 2 is 1.67 bits per heavy atom. The molecule has 0 bridgehead atoms. The van der Waals surface area contributed by atoms with E-state index in [1.807, 2.05) is 61.5 Å². The van der Waals surface area contributed by atoms with Gasteiger partial charge in [0.1, 0.15) is 5.60 Å². The van der Waals surface area contributed by atoms with Crippen LogP contribution in [0, 0.1) is 0 Å². The summed E-state index contributed by atoms with van der Waals surface area (Å²) in [5, 5.41) is 8.32. The summed E-state index contributed by atoms with van der Waals surface area (Å²) in [6, 6.07) is 16.6. The Labute approximate surface area is 234 Å². The number of carbonyl (C=O) groups is 2. The van der Waals surface area contributed by atoms with E-state index in [1.165, 1.54) is 6.20 Å². The van der Waals surface area contributed by atoms with Gasteiger partial charge in [-0.1, -0.05) is 65.7 Å². The van der Waals surface area contributed by atoms with Gasteiger partial charge in [-0.05, 0) is 45.4 Å². The summed E-state index contributed by atoms with van der Waals surface area (Å²) in [5.41, 5.74) is 0.984. The number of hydrogen-bond donors (Lipinski definition) is 0. The molecule has 2 amide bonds. The van der Waals surface area contributed by atoms with Gasteiger partial charge in [0, 0.05) is 15.6 Å². The molecule has 0 atom stereocenters. The number of ether oxygens (including phenoxy) is 2. The van der Waals surface area contributed by atoms with Crippen molar-refractivity contribution >= 4 is 33.9 Å². The second-order valence-corrected chi connectivity index (χ2v) is 10.3. The number of benzene rings is 2. The van der Waals surface area contributed by atoms with Crippen LogP contribution in [0.1, 0.15) is 40.5 Å². The largest absolute Gasteiger partial charge is 0.449 e. The fourth-order valence-corrected chi connectivity index (χ4v) is 3.92. The smallest absolute Gasteiger partial charge is 0.425 e. The van der Waals surface area contributed by atoms with Crippen LogP contribution in [0.2, 0.25) is 0 Å². The van der Waals surface area contributed by atoms with E-state index in [-0.39, 0.29) is 29.9 Å². The number of anilines is 1. The number of carbonyl (C=O) groups excluding carboxylic acids is 2. The molecule has 0 saturated heterocycles. The van der Waals surface area contributed by atoms with Gasteiger partial charge in [0.25, 0.3) is 5.89 Å². The summed E-state index contributed by atoms with van der Waals surface area (Å²) >= 11 is 3.53. The van der Waals surface area contributed by atoms with Crippen LogP contribution in [-0.4, -0.2) is 44.6 Å². The Morgan fingerprint density at radius 3 is 2.36 bits per heavy atom. The van der Waals surface area contributed by atoms with Crippen LogP contribution in [0.15, 0.2) is 69.7 Å². The molecular weight excluding hydrogens is 566 g/mol. The summed E-state index contributed by atoms with van der Waals surface area (Å²) in [5.74, 6) is 0.0315. The lowest BCUT2D eigenvalue weighted by Crippen LogP contribution is -2.42. The predicted molar refractivity (Wildman–Crippen MR) is 149 cm³/mol. The number of hydrogen-bond acceptors (Lipinski definition) is 9. The van der Waals surface area contributed by atoms with E-state index in [4.69, 9.17) is 18.9 Å². The maximum Gasteiger partial charge on any atom is 0.425 e. The van der Waals surface area contributed by atoms with Gasteiger partial charge in [-0.25, -0.2) is 19.6 Å². The van der Waals surface area contributed by atoms with Crippen LogP contribution in [0.25, 0.3) is 34.3 Å². The van der Waals surface area contributed by atoms with E-state index in [0.29, 0.717) is 22.6 Å². The van der Waals surface area contributed by atoms with Crippen molar-refractivity contribution in [2.24, 2.45) is 0 Å². The van der Waals surface area contributed by atoms with Crippen molar-refractivity contribution in [2.45, 2.75) is 46.1 Å². The highest BCUT2D eigenvalue weighted by atomic mass is 79.9. The van der Waals surface area contributed by atoms with Crippen molar-refractivity contribution in [2.75, 3.05) is 11.5 Å². The summed E-state index contributed by atoms with van der Waals surface area (Å²) in [4.78, 5) is 36.4. The highest BCUT2D eigenvalue weighted by molar-refractivity contribution is 9.10. The molecule has 4 rings (SSSR count). The lowest BCUT2D eigenvalue weighted by Gasteiger charge is -2.25. The molecule has 0 saturated carbocycles. The fraction of sp³-hybridized carbons (Fsp3) is 0.286. The zero-order chi connectivity index (χ0) is 28.0. The van der Waals surface area contributed by atoms with Crippen molar-refractivity contribution in [3.05, 3.63) is 65.3 Å². The topological polar surface area (TPSA) is 121 Å². The van der Waals surface area contributed by atoms with E-state index >= 15 is 0 Å². The highest BCUT2D eigenvalue weighted by Crippen LogP contribution is 2.34. The summed E-state index contributed by atoms with van der Waals surface area (Å²) in [6.07, 6.45) is 0.942. The first kappa shape index (κ1) is 27.9. The van der Waals surface area contributed by atoms with Crippen LogP contribution in [0.3, 0.4) is 0 Å². The van der Waals surface area contributed by atoms with Crippen molar-refractivity contribution < 1.29 is 23.5 Å². The van der Waals surface area contributed by atoms with E-state index in [0.717, 1.165) is 16.5 Å². The van der Waals surface area contributed by atoms with Gasteiger partial charge >= 0.3 is 12.2 Å². The van der Waals surface area contributed by atoms with Gasteiger partial charge in [-0.3, -0.25) is 0 Å². The van der Waals surface area contributed by atoms with E-state index in [9.17, 15) is 9.59 Å². The zero-order valence-corrected chi connectivity index (χ0v) is 23.6. The first-order valence-corrected chi connectivity index (χ1v) is 13.2. The molecule has 0 aliphatic rings. The number of unbranched alkanes of at least 4 members (excludes halogenated alkanes) is 1. The minimum Gasteiger partial charge on any atom is -0.449 e. The Hall–Kier alpha value is -4.12. The second-order valence-electron chi connectivity index (χ2n) is 9.47. The predicted octanol–water partition coefficient (Wildman–Crippen LogP) is 7.30. The summed E-state index contributed by atoms with van der Waals surface area (Å²) in [6.45, 7) is 7.16. The molecular formula is C28H28BrN5O5. The van der Waals surface area contributed by atoms with Crippen molar-refractivity contribution in [3.8, 4) is 34.3 Å². The van der Waals surface area contributed by atoms with Crippen LogP contribution in [0.4, 0.5) is 15.4 Å².